The van der Waals surface area contributed by atoms with Gasteiger partial charge in [-0.1, -0.05) is 52.4 Å². The van der Waals surface area contributed by atoms with E-state index < -0.39 is 0 Å². The van der Waals surface area contributed by atoms with E-state index in [0.29, 0.717) is 5.41 Å². The molecule has 1 fully saturated rings. The van der Waals surface area contributed by atoms with Gasteiger partial charge in [0.15, 0.2) is 0 Å². The molecule has 0 saturated heterocycles. The fourth-order valence-corrected chi connectivity index (χ4v) is 2.58. The van der Waals surface area contributed by atoms with Crippen molar-refractivity contribution in [1.29, 1.82) is 0 Å². The van der Waals surface area contributed by atoms with Crippen LogP contribution in [0.25, 0.3) is 0 Å². The summed E-state index contributed by atoms with van der Waals surface area (Å²) >= 11 is 0. The Hall–Kier alpha value is -0.0400. The third-order valence-corrected chi connectivity index (χ3v) is 3.99. The van der Waals surface area contributed by atoms with Crippen molar-refractivity contribution in [3.8, 4) is 0 Å². The Morgan fingerprint density at radius 2 is 1.36 bits per heavy atom. The highest BCUT2D eigenvalue weighted by molar-refractivity contribution is 4.79. The summed E-state index contributed by atoms with van der Waals surface area (Å²) in [5.74, 6) is 0.866. The van der Waals surface area contributed by atoms with E-state index in [2.05, 4.69) is 13.8 Å². The van der Waals surface area contributed by atoms with Crippen LogP contribution >= 0.6 is 0 Å². The van der Waals surface area contributed by atoms with E-state index in [1.165, 1.54) is 51.4 Å². The van der Waals surface area contributed by atoms with Gasteiger partial charge in [0.25, 0.3) is 0 Å². The minimum atomic E-state index is 0.365. The van der Waals surface area contributed by atoms with Gasteiger partial charge < -0.3 is 5.73 Å². The van der Waals surface area contributed by atoms with Crippen LogP contribution in [-0.4, -0.2) is 6.54 Å². The minimum Gasteiger partial charge on any atom is -0.330 e. The van der Waals surface area contributed by atoms with Crippen molar-refractivity contribution < 1.29 is 0 Å². The Labute approximate surface area is 89.5 Å². The van der Waals surface area contributed by atoms with Crippen LogP contribution < -0.4 is 5.73 Å². The van der Waals surface area contributed by atoms with Gasteiger partial charge in [-0.2, -0.15) is 0 Å². The lowest BCUT2D eigenvalue weighted by atomic mass is 9.74. The van der Waals surface area contributed by atoms with E-state index in [4.69, 9.17) is 5.73 Å². The summed E-state index contributed by atoms with van der Waals surface area (Å²) in [6.07, 6.45) is 11.5. The summed E-state index contributed by atoms with van der Waals surface area (Å²) in [6.45, 7) is 5.53. The molecule has 2 N–H and O–H groups in total. The molecule has 0 atom stereocenters. The number of nitrogens with two attached hydrogens (primary N) is 1. The SMILES string of the molecule is CC(C)(CN)C1CCCCCCCC1. The average molecular weight is 197 g/mol. The molecule has 84 valence electrons. The maximum Gasteiger partial charge on any atom is -0.00232 e. The summed E-state index contributed by atoms with van der Waals surface area (Å²) in [6, 6.07) is 0. The van der Waals surface area contributed by atoms with Crippen LogP contribution in [0, 0.1) is 11.3 Å². The summed E-state index contributed by atoms with van der Waals surface area (Å²) in [7, 11) is 0. The topological polar surface area (TPSA) is 26.0 Å². The van der Waals surface area contributed by atoms with Gasteiger partial charge in [-0.15, -0.1) is 0 Å². The molecule has 14 heavy (non-hydrogen) atoms. The molecule has 1 saturated carbocycles. The molecule has 1 rings (SSSR count). The van der Waals surface area contributed by atoms with Crippen molar-refractivity contribution in [2.45, 2.75) is 65.2 Å². The first-order chi connectivity index (χ1) is 6.67. The molecule has 0 aromatic heterocycles. The molecule has 0 radical (unpaired) electrons. The van der Waals surface area contributed by atoms with Crippen molar-refractivity contribution in [2.24, 2.45) is 17.1 Å². The van der Waals surface area contributed by atoms with E-state index in [0.717, 1.165) is 12.5 Å². The predicted octanol–water partition coefficient (Wildman–Crippen LogP) is 3.72. The van der Waals surface area contributed by atoms with Crippen LogP contribution in [0.5, 0.6) is 0 Å². The van der Waals surface area contributed by atoms with Crippen LogP contribution in [0.15, 0.2) is 0 Å². The zero-order valence-electron chi connectivity index (χ0n) is 10.0. The molecule has 0 aliphatic heterocycles. The van der Waals surface area contributed by atoms with E-state index in [-0.39, 0.29) is 0 Å². The van der Waals surface area contributed by atoms with Gasteiger partial charge in [-0.3, -0.25) is 0 Å². The second-order valence-electron chi connectivity index (χ2n) is 5.59. The standard InChI is InChI=1S/C13H27N/c1-13(2,11-14)12-9-7-5-3-4-6-8-10-12/h12H,3-11,14H2,1-2H3. The fourth-order valence-electron chi connectivity index (χ4n) is 2.58. The lowest BCUT2D eigenvalue weighted by molar-refractivity contribution is 0.190. The Morgan fingerprint density at radius 1 is 0.929 bits per heavy atom. The van der Waals surface area contributed by atoms with E-state index in [1.54, 1.807) is 0 Å². The quantitative estimate of drug-likeness (QED) is 0.717. The summed E-state index contributed by atoms with van der Waals surface area (Å²) < 4.78 is 0. The van der Waals surface area contributed by atoms with E-state index in [9.17, 15) is 0 Å². The van der Waals surface area contributed by atoms with Crippen LogP contribution in [0.2, 0.25) is 0 Å². The molecular weight excluding hydrogens is 170 g/mol. The monoisotopic (exact) mass is 197 g/mol. The Morgan fingerprint density at radius 3 is 1.79 bits per heavy atom. The number of hydrogen-bond acceptors (Lipinski definition) is 1. The normalized spacial score (nSPS) is 22.5. The molecule has 0 spiro atoms. The van der Waals surface area contributed by atoms with Crippen molar-refractivity contribution in [2.75, 3.05) is 6.54 Å². The second kappa shape index (κ2) is 5.75. The summed E-state index contributed by atoms with van der Waals surface area (Å²) in [5, 5.41) is 0. The third kappa shape index (κ3) is 3.61. The fraction of sp³-hybridized carbons (Fsp3) is 1.00. The van der Waals surface area contributed by atoms with Crippen molar-refractivity contribution >= 4 is 0 Å². The number of hydrogen-bond donors (Lipinski definition) is 1. The Bertz CT molecular complexity index is 141. The molecule has 0 aromatic rings. The molecule has 1 heteroatoms. The van der Waals surface area contributed by atoms with Crippen LogP contribution in [0.3, 0.4) is 0 Å². The third-order valence-electron chi connectivity index (χ3n) is 3.99. The first-order valence-corrected chi connectivity index (χ1v) is 6.37. The van der Waals surface area contributed by atoms with Crippen LogP contribution in [0.1, 0.15) is 65.2 Å². The van der Waals surface area contributed by atoms with Crippen molar-refractivity contribution in [1.82, 2.24) is 0 Å². The van der Waals surface area contributed by atoms with Gasteiger partial charge in [0, 0.05) is 0 Å². The van der Waals surface area contributed by atoms with Gasteiger partial charge in [0.2, 0.25) is 0 Å². The zero-order chi connectivity index (χ0) is 10.4. The van der Waals surface area contributed by atoms with Gasteiger partial charge in [-0.05, 0) is 30.7 Å². The number of rotatable bonds is 2. The minimum absolute atomic E-state index is 0.365. The van der Waals surface area contributed by atoms with Gasteiger partial charge in [0.05, 0.1) is 0 Å². The molecule has 1 nitrogen and oxygen atoms in total. The lowest BCUT2D eigenvalue weighted by Crippen LogP contribution is -2.32. The largest absolute Gasteiger partial charge is 0.330 e. The summed E-state index contributed by atoms with van der Waals surface area (Å²) in [5.41, 5.74) is 6.23. The second-order valence-corrected chi connectivity index (χ2v) is 5.59. The first-order valence-electron chi connectivity index (χ1n) is 6.37. The predicted molar refractivity (Wildman–Crippen MR) is 63.3 cm³/mol. The maximum absolute atomic E-state index is 5.87. The van der Waals surface area contributed by atoms with Gasteiger partial charge in [0.1, 0.15) is 0 Å². The molecule has 0 unspecified atom stereocenters. The molecule has 0 amide bonds. The van der Waals surface area contributed by atoms with E-state index in [1.807, 2.05) is 0 Å². The van der Waals surface area contributed by atoms with Gasteiger partial charge >= 0.3 is 0 Å². The van der Waals surface area contributed by atoms with Crippen molar-refractivity contribution in [3.05, 3.63) is 0 Å². The van der Waals surface area contributed by atoms with Gasteiger partial charge in [-0.25, -0.2) is 0 Å². The molecule has 1 aliphatic carbocycles. The maximum atomic E-state index is 5.87. The molecular formula is C13H27N. The first kappa shape index (κ1) is 12.0. The Balaban J connectivity index is 2.47. The average Bonchev–Trinajstić information content (AvgIpc) is 2.30. The molecule has 0 bridgehead atoms. The highest BCUT2D eigenvalue weighted by atomic mass is 14.6. The Kier molecular flexibility index (Phi) is 4.94. The summed E-state index contributed by atoms with van der Waals surface area (Å²) in [4.78, 5) is 0. The molecule has 0 heterocycles. The zero-order valence-corrected chi connectivity index (χ0v) is 10.0. The lowest BCUT2D eigenvalue weighted by Gasteiger charge is -2.33. The smallest absolute Gasteiger partial charge is 0.00232 e. The van der Waals surface area contributed by atoms with E-state index >= 15 is 0 Å². The van der Waals surface area contributed by atoms with Crippen LogP contribution in [0.4, 0.5) is 0 Å². The highest BCUT2D eigenvalue weighted by Gasteiger charge is 2.27. The van der Waals surface area contributed by atoms with Crippen molar-refractivity contribution in [3.63, 3.8) is 0 Å². The van der Waals surface area contributed by atoms with Crippen LogP contribution in [-0.2, 0) is 0 Å². The molecule has 1 aliphatic rings. The highest BCUT2D eigenvalue weighted by Crippen LogP contribution is 2.35. The molecule has 0 aromatic carbocycles.